The zero-order valence-corrected chi connectivity index (χ0v) is 11.2. The molecule has 4 nitrogen and oxygen atoms in total. The van der Waals surface area contributed by atoms with E-state index in [1.165, 1.54) is 12.8 Å². The minimum absolute atomic E-state index is 0.191. The molecule has 2 aliphatic rings. The summed E-state index contributed by atoms with van der Waals surface area (Å²) in [7, 11) is 0. The summed E-state index contributed by atoms with van der Waals surface area (Å²) >= 11 is 1.06. The summed E-state index contributed by atoms with van der Waals surface area (Å²) in [6.45, 7) is 0.800. The average molecular weight is 277 g/mol. The fourth-order valence-electron chi connectivity index (χ4n) is 1.96. The van der Waals surface area contributed by atoms with Crippen molar-refractivity contribution in [1.29, 1.82) is 0 Å². The molecule has 2 amide bonds. The van der Waals surface area contributed by atoms with E-state index in [0.29, 0.717) is 6.42 Å². The van der Waals surface area contributed by atoms with E-state index in [0.717, 1.165) is 35.6 Å². The molecule has 1 atom stereocenters. The lowest BCUT2D eigenvalue weighted by atomic mass is 10.1. The van der Waals surface area contributed by atoms with Crippen molar-refractivity contribution in [3.8, 4) is 5.75 Å². The van der Waals surface area contributed by atoms with E-state index >= 15 is 0 Å². The molecule has 0 aromatic heterocycles. The molecule has 0 bridgehead atoms. The molecule has 0 spiro atoms. The van der Waals surface area contributed by atoms with Crippen molar-refractivity contribution in [3.63, 3.8) is 0 Å². The second-order valence-electron chi connectivity index (χ2n) is 4.99. The van der Waals surface area contributed by atoms with Crippen molar-refractivity contribution in [2.45, 2.75) is 24.5 Å². The fourth-order valence-corrected chi connectivity index (χ4v) is 2.82. The highest BCUT2D eigenvalue weighted by Gasteiger charge is 2.31. The number of nitrogens with one attached hydrogen (secondary N) is 1. The Morgan fingerprint density at radius 3 is 2.53 bits per heavy atom. The zero-order valence-electron chi connectivity index (χ0n) is 10.4. The Hall–Kier alpha value is -1.49. The van der Waals surface area contributed by atoms with Crippen LogP contribution in [0.4, 0.5) is 4.79 Å². The number of imide groups is 1. The quantitative estimate of drug-likeness (QED) is 0.897. The van der Waals surface area contributed by atoms with Crippen LogP contribution in [0.3, 0.4) is 0 Å². The number of ether oxygens (including phenoxy) is 1. The number of carbonyl (C=O) groups excluding carboxylic acids is 2. The number of hydrogen-bond acceptors (Lipinski definition) is 4. The first-order valence-corrected chi connectivity index (χ1v) is 7.32. The molecule has 1 heterocycles. The third-order valence-corrected chi connectivity index (χ3v) is 4.28. The van der Waals surface area contributed by atoms with Crippen LogP contribution in [0.1, 0.15) is 18.4 Å². The van der Waals surface area contributed by atoms with Crippen LogP contribution in [-0.2, 0) is 11.2 Å². The molecule has 1 saturated carbocycles. The summed E-state index contributed by atoms with van der Waals surface area (Å²) < 4.78 is 5.65. The van der Waals surface area contributed by atoms with Crippen molar-refractivity contribution >= 4 is 22.9 Å². The van der Waals surface area contributed by atoms with Gasteiger partial charge in [0.05, 0.1) is 11.9 Å². The summed E-state index contributed by atoms with van der Waals surface area (Å²) in [4.78, 5) is 22.5. The largest absolute Gasteiger partial charge is 0.493 e. The van der Waals surface area contributed by atoms with Crippen LogP contribution in [0.2, 0.25) is 0 Å². The molecule has 1 saturated heterocycles. The highest BCUT2D eigenvalue weighted by Crippen LogP contribution is 2.29. The van der Waals surface area contributed by atoms with E-state index in [9.17, 15) is 9.59 Å². The third-order valence-electron chi connectivity index (χ3n) is 3.29. The number of amides is 2. The van der Waals surface area contributed by atoms with E-state index < -0.39 is 0 Å². The first-order chi connectivity index (χ1) is 9.20. The van der Waals surface area contributed by atoms with Crippen LogP contribution in [-0.4, -0.2) is 23.0 Å². The molecule has 1 aliphatic heterocycles. The predicted octanol–water partition coefficient (Wildman–Crippen LogP) is 2.37. The SMILES string of the molecule is O=C1NC(=O)C(Cc2ccc(OCC3CC3)cc2)S1. The first kappa shape index (κ1) is 12.5. The molecule has 1 unspecified atom stereocenters. The molecule has 2 fully saturated rings. The first-order valence-electron chi connectivity index (χ1n) is 6.44. The van der Waals surface area contributed by atoms with Gasteiger partial charge in [0.1, 0.15) is 5.75 Å². The van der Waals surface area contributed by atoms with Crippen LogP contribution >= 0.6 is 11.8 Å². The maximum Gasteiger partial charge on any atom is 0.286 e. The monoisotopic (exact) mass is 277 g/mol. The average Bonchev–Trinajstić information content (AvgIpc) is 3.16. The Bertz CT molecular complexity index is 496. The Labute approximate surface area is 115 Å². The lowest BCUT2D eigenvalue weighted by Gasteiger charge is -2.08. The molecular formula is C14H15NO3S. The van der Waals surface area contributed by atoms with Gasteiger partial charge in [-0.3, -0.25) is 14.9 Å². The van der Waals surface area contributed by atoms with Gasteiger partial charge >= 0.3 is 0 Å². The molecule has 1 aromatic rings. The topological polar surface area (TPSA) is 55.4 Å². The van der Waals surface area contributed by atoms with E-state index in [-0.39, 0.29) is 16.4 Å². The van der Waals surface area contributed by atoms with Crippen molar-refractivity contribution in [2.75, 3.05) is 6.61 Å². The maximum atomic E-state index is 11.5. The van der Waals surface area contributed by atoms with Gasteiger partial charge < -0.3 is 4.74 Å². The van der Waals surface area contributed by atoms with Gasteiger partial charge in [-0.05, 0) is 42.9 Å². The molecular weight excluding hydrogens is 262 g/mol. The summed E-state index contributed by atoms with van der Waals surface area (Å²) in [6, 6.07) is 7.77. The van der Waals surface area contributed by atoms with Crippen molar-refractivity contribution in [1.82, 2.24) is 5.32 Å². The Morgan fingerprint density at radius 1 is 1.21 bits per heavy atom. The second-order valence-corrected chi connectivity index (χ2v) is 6.16. The summed E-state index contributed by atoms with van der Waals surface area (Å²) in [5.74, 6) is 1.42. The van der Waals surface area contributed by atoms with Crippen molar-refractivity contribution in [2.24, 2.45) is 5.92 Å². The van der Waals surface area contributed by atoms with Crippen LogP contribution in [0, 0.1) is 5.92 Å². The lowest BCUT2D eigenvalue weighted by molar-refractivity contribution is -0.118. The number of carbonyl (C=O) groups is 2. The number of rotatable bonds is 5. The molecule has 1 aliphatic carbocycles. The molecule has 19 heavy (non-hydrogen) atoms. The van der Waals surface area contributed by atoms with Crippen LogP contribution in [0.5, 0.6) is 5.75 Å². The highest BCUT2D eigenvalue weighted by atomic mass is 32.2. The number of thioether (sulfide) groups is 1. The van der Waals surface area contributed by atoms with E-state index in [1.54, 1.807) is 0 Å². The zero-order chi connectivity index (χ0) is 13.2. The van der Waals surface area contributed by atoms with Gasteiger partial charge in [-0.25, -0.2) is 0 Å². The fraction of sp³-hybridized carbons (Fsp3) is 0.429. The van der Waals surface area contributed by atoms with Crippen LogP contribution in [0.15, 0.2) is 24.3 Å². The Morgan fingerprint density at radius 2 is 1.95 bits per heavy atom. The standard InChI is InChI=1S/C14H15NO3S/c16-13-12(19-14(17)15-13)7-9-3-5-11(6-4-9)18-8-10-1-2-10/h3-6,10,12H,1-2,7-8H2,(H,15,16,17). The van der Waals surface area contributed by atoms with Crippen LogP contribution < -0.4 is 10.1 Å². The van der Waals surface area contributed by atoms with Gasteiger partial charge in [0.25, 0.3) is 5.24 Å². The molecule has 3 rings (SSSR count). The maximum absolute atomic E-state index is 11.5. The lowest BCUT2D eigenvalue weighted by Crippen LogP contribution is -2.25. The molecule has 5 heteroatoms. The van der Waals surface area contributed by atoms with Crippen LogP contribution in [0.25, 0.3) is 0 Å². The van der Waals surface area contributed by atoms with Gasteiger partial charge in [0.15, 0.2) is 0 Å². The van der Waals surface area contributed by atoms with E-state index in [4.69, 9.17) is 4.74 Å². The van der Waals surface area contributed by atoms with Gasteiger partial charge in [-0.2, -0.15) is 0 Å². The minimum atomic E-state index is -0.300. The Balaban J connectivity index is 1.56. The van der Waals surface area contributed by atoms with Gasteiger partial charge in [-0.15, -0.1) is 0 Å². The second kappa shape index (κ2) is 5.25. The van der Waals surface area contributed by atoms with Gasteiger partial charge in [0.2, 0.25) is 5.91 Å². The summed E-state index contributed by atoms with van der Waals surface area (Å²) in [5, 5.41) is 1.75. The molecule has 100 valence electrons. The predicted molar refractivity (Wildman–Crippen MR) is 73.3 cm³/mol. The molecule has 0 radical (unpaired) electrons. The van der Waals surface area contributed by atoms with E-state index in [2.05, 4.69) is 5.32 Å². The van der Waals surface area contributed by atoms with Gasteiger partial charge in [-0.1, -0.05) is 23.9 Å². The Kier molecular flexibility index (Phi) is 3.46. The third kappa shape index (κ3) is 3.29. The minimum Gasteiger partial charge on any atom is -0.493 e. The molecule has 1 aromatic carbocycles. The summed E-state index contributed by atoms with van der Waals surface area (Å²) in [5.41, 5.74) is 1.04. The number of hydrogen-bond donors (Lipinski definition) is 1. The van der Waals surface area contributed by atoms with Crippen molar-refractivity contribution < 1.29 is 14.3 Å². The van der Waals surface area contributed by atoms with Gasteiger partial charge in [0, 0.05) is 0 Å². The smallest absolute Gasteiger partial charge is 0.286 e. The number of benzene rings is 1. The summed E-state index contributed by atoms with van der Waals surface area (Å²) in [6.07, 6.45) is 3.13. The van der Waals surface area contributed by atoms with E-state index in [1.807, 2.05) is 24.3 Å². The highest BCUT2D eigenvalue weighted by molar-refractivity contribution is 8.15. The van der Waals surface area contributed by atoms with Crippen molar-refractivity contribution in [3.05, 3.63) is 29.8 Å². The normalized spacial score (nSPS) is 22.4. The molecule has 1 N–H and O–H groups in total.